The van der Waals surface area contributed by atoms with Gasteiger partial charge in [0.2, 0.25) is 5.91 Å². The van der Waals surface area contributed by atoms with Crippen LogP contribution in [0.25, 0.3) is 0 Å². The lowest BCUT2D eigenvalue weighted by molar-refractivity contribution is -0.153. The molecule has 0 spiro atoms. The molecule has 0 radical (unpaired) electrons. The number of hydrogen-bond donors (Lipinski definition) is 1. The molecule has 2 aromatic carbocycles. The summed E-state index contributed by atoms with van der Waals surface area (Å²) in [5.74, 6) is -1.32. The minimum atomic E-state index is -0.920. The molecule has 214 valence electrons. The number of nitrogens with zero attached hydrogens (tertiary/aromatic N) is 5. The van der Waals surface area contributed by atoms with Crippen LogP contribution in [0.4, 0.5) is 0 Å². The van der Waals surface area contributed by atoms with Crippen molar-refractivity contribution < 1.29 is 24.2 Å². The van der Waals surface area contributed by atoms with Crippen molar-refractivity contribution in [3.63, 3.8) is 0 Å². The van der Waals surface area contributed by atoms with Gasteiger partial charge in [0.25, 0.3) is 5.91 Å². The van der Waals surface area contributed by atoms with Crippen LogP contribution < -0.4 is 4.74 Å². The maximum Gasteiger partial charge on any atom is 0.307 e. The van der Waals surface area contributed by atoms with Crippen LogP contribution in [-0.4, -0.2) is 60.5 Å². The number of carbonyl (C=O) groups excluding carboxylic acids is 2. The molecule has 6 rings (SSSR count). The number of aliphatic carboxylic acids is 1. The summed E-state index contributed by atoms with van der Waals surface area (Å²) in [6.45, 7) is 1.29. The van der Waals surface area contributed by atoms with Crippen molar-refractivity contribution in [1.82, 2.24) is 24.6 Å². The van der Waals surface area contributed by atoms with Crippen molar-refractivity contribution in [3.8, 4) is 5.75 Å². The number of rotatable bonds is 7. The van der Waals surface area contributed by atoms with Crippen LogP contribution >= 0.6 is 15.9 Å². The molecule has 1 fully saturated rings. The summed E-state index contributed by atoms with van der Waals surface area (Å²) in [7, 11) is 1.79. The summed E-state index contributed by atoms with van der Waals surface area (Å²) in [6.07, 6.45) is 4.87. The monoisotopic (exact) mass is 621 g/mol. The fourth-order valence-electron chi connectivity index (χ4n) is 6.56. The number of hydrogen-bond acceptors (Lipinski definition) is 6. The van der Waals surface area contributed by atoms with Crippen molar-refractivity contribution in [2.75, 3.05) is 13.1 Å². The van der Waals surface area contributed by atoms with Gasteiger partial charge >= 0.3 is 5.97 Å². The van der Waals surface area contributed by atoms with Crippen molar-refractivity contribution in [3.05, 3.63) is 75.3 Å². The van der Waals surface area contributed by atoms with Crippen LogP contribution in [0.15, 0.2) is 47.2 Å². The largest absolute Gasteiger partial charge is 0.485 e. The van der Waals surface area contributed by atoms with Crippen LogP contribution in [0.5, 0.6) is 5.75 Å². The lowest BCUT2D eigenvalue weighted by Gasteiger charge is -2.43. The molecule has 3 atom stereocenters. The minimum absolute atomic E-state index is 0.0728. The molecule has 41 heavy (non-hydrogen) atoms. The van der Waals surface area contributed by atoms with E-state index in [2.05, 4.69) is 26.0 Å². The number of ether oxygens (including phenoxy) is 1. The number of carboxylic acid groups (broad SMARTS) is 1. The highest BCUT2D eigenvalue weighted by molar-refractivity contribution is 9.10. The average molecular weight is 623 g/mol. The summed E-state index contributed by atoms with van der Waals surface area (Å²) >= 11 is 3.71. The van der Waals surface area contributed by atoms with Gasteiger partial charge in [-0.25, -0.2) is 4.98 Å². The van der Waals surface area contributed by atoms with Gasteiger partial charge in [-0.05, 0) is 48.6 Å². The Labute approximate surface area is 246 Å². The lowest BCUT2D eigenvalue weighted by Crippen LogP contribution is -2.50. The first-order valence-electron chi connectivity index (χ1n) is 14.0. The van der Waals surface area contributed by atoms with Crippen LogP contribution in [0.3, 0.4) is 0 Å². The van der Waals surface area contributed by atoms with Crippen molar-refractivity contribution in [2.24, 2.45) is 18.9 Å². The van der Waals surface area contributed by atoms with Crippen LogP contribution in [0, 0.1) is 11.8 Å². The Morgan fingerprint density at radius 1 is 1.12 bits per heavy atom. The van der Waals surface area contributed by atoms with E-state index in [4.69, 9.17) is 4.74 Å². The highest BCUT2D eigenvalue weighted by Crippen LogP contribution is 2.43. The molecule has 2 amide bonds. The topological polar surface area (TPSA) is 118 Å². The normalized spacial score (nSPS) is 21.9. The zero-order valence-corrected chi connectivity index (χ0v) is 24.4. The molecule has 3 heterocycles. The van der Waals surface area contributed by atoms with E-state index in [0.717, 1.165) is 34.0 Å². The van der Waals surface area contributed by atoms with Crippen molar-refractivity contribution >= 4 is 33.7 Å². The third kappa shape index (κ3) is 5.23. The fourth-order valence-corrected chi connectivity index (χ4v) is 7.10. The van der Waals surface area contributed by atoms with Gasteiger partial charge in [-0.15, -0.1) is 0 Å². The highest BCUT2D eigenvalue weighted by atomic mass is 79.9. The second kappa shape index (κ2) is 11.3. The van der Waals surface area contributed by atoms with Gasteiger partial charge in [0.15, 0.2) is 5.82 Å². The van der Waals surface area contributed by atoms with E-state index in [-0.39, 0.29) is 25.0 Å². The second-order valence-corrected chi connectivity index (χ2v) is 11.9. The smallest absolute Gasteiger partial charge is 0.307 e. The molecule has 3 aliphatic rings. The predicted octanol–water partition coefficient (Wildman–Crippen LogP) is 4.13. The molecule has 1 saturated carbocycles. The van der Waals surface area contributed by atoms with Gasteiger partial charge in [-0.1, -0.05) is 47.0 Å². The first kappa shape index (κ1) is 27.4. The average Bonchev–Trinajstić information content (AvgIpc) is 3.54. The minimum Gasteiger partial charge on any atom is -0.485 e. The standard InChI is InChI=1S/C30H32BrN5O5/c1-34-17-32-26(33-34)16-41-25-11-10-23(31)22-12-13-36(29(38)20-8-4-5-9-21(20)30(39)40)24(27(22)25)15-35-14-18-6-2-3-7-19(18)28(35)37/h2-3,6-7,10-11,17,20-21,24H,4-5,8-9,12-16H2,1H3,(H,39,40)/t20?,21?,24-/m1/s1. The Bertz CT molecular complexity index is 1510. The van der Waals surface area contributed by atoms with Crippen molar-refractivity contribution in [1.29, 1.82) is 0 Å². The number of fused-ring (bicyclic) bond motifs is 2. The highest BCUT2D eigenvalue weighted by Gasteiger charge is 2.44. The van der Waals surface area contributed by atoms with Gasteiger partial charge in [0.1, 0.15) is 18.7 Å². The van der Waals surface area contributed by atoms with Gasteiger partial charge in [-0.2, -0.15) is 5.10 Å². The lowest BCUT2D eigenvalue weighted by atomic mass is 9.77. The zero-order valence-electron chi connectivity index (χ0n) is 22.8. The molecule has 2 aliphatic heterocycles. The van der Waals surface area contributed by atoms with Crippen LogP contribution in [0.2, 0.25) is 0 Å². The van der Waals surface area contributed by atoms with E-state index < -0.39 is 23.8 Å². The van der Waals surface area contributed by atoms with Crippen LogP contribution in [-0.2, 0) is 36.2 Å². The maximum atomic E-state index is 14.2. The van der Waals surface area contributed by atoms with Gasteiger partial charge < -0.3 is 19.6 Å². The maximum absolute atomic E-state index is 14.2. The van der Waals surface area contributed by atoms with E-state index in [9.17, 15) is 19.5 Å². The molecule has 3 aromatic rings. The number of aromatic nitrogens is 3. The number of aryl methyl sites for hydroxylation is 1. The summed E-state index contributed by atoms with van der Waals surface area (Å²) in [6, 6.07) is 10.9. The zero-order chi connectivity index (χ0) is 28.7. The number of carbonyl (C=O) groups is 3. The molecule has 0 saturated heterocycles. The molecule has 11 heteroatoms. The van der Waals surface area contributed by atoms with Gasteiger partial charge in [0.05, 0.1) is 17.9 Å². The summed E-state index contributed by atoms with van der Waals surface area (Å²) in [5, 5.41) is 14.3. The molecule has 1 aromatic heterocycles. The Kier molecular flexibility index (Phi) is 7.54. The molecule has 0 bridgehead atoms. The Hall–Kier alpha value is -3.73. The third-order valence-electron chi connectivity index (χ3n) is 8.55. The molecule has 2 unspecified atom stereocenters. The summed E-state index contributed by atoms with van der Waals surface area (Å²) < 4.78 is 8.80. The molecule has 1 N–H and O–H groups in total. The van der Waals surface area contributed by atoms with Crippen molar-refractivity contribution in [2.45, 2.75) is 51.3 Å². The third-order valence-corrected chi connectivity index (χ3v) is 9.29. The van der Waals surface area contributed by atoms with E-state index in [0.29, 0.717) is 49.5 Å². The fraction of sp³-hybridized carbons (Fsp3) is 0.433. The predicted molar refractivity (Wildman–Crippen MR) is 152 cm³/mol. The van der Waals surface area contributed by atoms with E-state index >= 15 is 0 Å². The van der Waals surface area contributed by atoms with Gasteiger partial charge in [0, 0.05) is 42.3 Å². The molecular formula is C30H32BrN5O5. The first-order chi connectivity index (χ1) is 19.8. The first-order valence-corrected chi connectivity index (χ1v) is 14.8. The Balaban J connectivity index is 1.38. The SMILES string of the molecule is Cn1cnc(COc2ccc(Br)c3c2[C@@H](CN2Cc4ccccc4C2=O)N(C(=O)C2CCCCC2C(=O)O)CC3)n1. The number of amides is 2. The second-order valence-electron chi connectivity index (χ2n) is 11.0. The summed E-state index contributed by atoms with van der Waals surface area (Å²) in [5.41, 5.74) is 3.48. The van der Waals surface area contributed by atoms with Crippen LogP contribution in [0.1, 0.15) is 64.6 Å². The van der Waals surface area contributed by atoms with E-state index in [1.807, 2.05) is 41.3 Å². The van der Waals surface area contributed by atoms with Gasteiger partial charge in [-0.3, -0.25) is 19.1 Å². The van der Waals surface area contributed by atoms with E-state index in [1.54, 1.807) is 23.0 Å². The Morgan fingerprint density at radius 3 is 2.63 bits per heavy atom. The van der Waals surface area contributed by atoms with E-state index in [1.165, 1.54) is 0 Å². The number of carboxylic acids is 1. The number of benzene rings is 2. The molecule has 1 aliphatic carbocycles. The molecule has 10 nitrogen and oxygen atoms in total. The Morgan fingerprint density at radius 2 is 1.90 bits per heavy atom. The quantitative estimate of drug-likeness (QED) is 0.421. The number of halogens is 1. The summed E-state index contributed by atoms with van der Waals surface area (Å²) in [4.78, 5) is 47.7. The molecular weight excluding hydrogens is 590 g/mol.